The molecule has 0 unspecified atom stereocenters. The average molecular weight is 471 g/mol. The molecule has 4 rings (SSSR count). The van der Waals surface area contributed by atoms with Crippen LogP contribution in [0.5, 0.6) is 5.75 Å². The standard InChI is InChI=1S/C24H23ClN2O4S/c25-20-7-3-2-6-18(20)16-31-19-10-8-17(9-11-19)14-21-23(29)27(24(30)32-21)15-22(28)26-12-4-1-5-13-26/h2-3,6-11,14H,1,4-5,12-13,15-16H2/b21-14+. The predicted octanol–water partition coefficient (Wildman–Crippen LogP) is 4.97. The van der Waals surface area contributed by atoms with Gasteiger partial charge in [0.1, 0.15) is 18.9 Å². The number of carbonyl (C=O) groups excluding carboxylic acids is 3. The third-order valence-corrected chi connectivity index (χ3v) is 6.68. The van der Waals surface area contributed by atoms with Crippen molar-refractivity contribution >= 4 is 46.5 Å². The highest BCUT2D eigenvalue weighted by Crippen LogP contribution is 2.32. The molecule has 0 spiro atoms. The van der Waals surface area contributed by atoms with Crippen LogP contribution < -0.4 is 4.74 Å². The van der Waals surface area contributed by atoms with E-state index in [9.17, 15) is 14.4 Å². The van der Waals surface area contributed by atoms with Crippen LogP contribution in [0.25, 0.3) is 6.08 Å². The second kappa shape index (κ2) is 10.2. The minimum Gasteiger partial charge on any atom is -0.489 e. The number of likely N-dealkylation sites (tertiary alicyclic amines) is 1. The topological polar surface area (TPSA) is 66.9 Å². The first kappa shape index (κ1) is 22.4. The number of imide groups is 1. The van der Waals surface area contributed by atoms with Gasteiger partial charge in [0.15, 0.2) is 0 Å². The number of nitrogens with zero attached hydrogens (tertiary/aromatic N) is 2. The lowest BCUT2D eigenvalue weighted by atomic mass is 10.1. The van der Waals surface area contributed by atoms with Crippen LogP contribution in [0.15, 0.2) is 53.4 Å². The average Bonchev–Trinajstić information content (AvgIpc) is 3.07. The number of ether oxygens (including phenoxy) is 1. The number of carbonyl (C=O) groups is 3. The maximum atomic E-state index is 12.7. The summed E-state index contributed by atoms with van der Waals surface area (Å²) < 4.78 is 5.77. The summed E-state index contributed by atoms with van der Waals surface area (Å²) in [5, 5.41) is 0.241. The van der Waals surface area contributed by atoms with E-state index in [0.717, 1.165) is 47.1 Å². The highest BCUT2D eigenvalue weighted by atomic mass is 35.5. The summed E-state index contributed by atoms with van der Waals surface area (Å²) in [5.41, 5.74) is 1.66. The van der Waals surface area contributed by atoms with Crippen LogP contribution in [-0.2, 0) is 16.2 Å². The van der Waals surface area contributed by atoms with Crippen molar-refractivity contribution in [3.05, 3.63) is 69.6 Å². The number of hydrogen-bond acceptors (Lipinski definition) is 5. The first-order valence-corrected chi connectivity index (χ1v) is 11.7. The van der Waals surface area contributed by atoms with E-state index >= 15 is 0 Å². The largest absolute Gasteiger partial charge is 0.489 e. The van der Waals surface area contributed by atoms with E-state index in [0.29, 0.717) is 35.4 Å². The Bertz CT molecular complexity index is 1050. The zero-order valence-electron chi connectivity index (χ0n) is 17.5. The Balaban J connectivity index is 1.37. The van der Waals surface area contributed by atoms with Gasteiger partial charge in [-0.1, -0.05) is 41.9 Å². The van der Waals surface area contributed by atoms with Gasteiger partial charge in [-0.25, -0.2) is 0 Å². The normalized spacial score (nSPS) is 17.8. The SMILES string of the molecule is O=C(CN1C(=O)S/C(=C/c2ccc(OCc3ccccc3Cl)cc2)C1=O)N1CCCCC1. The highest BCUT2D eigenvalue weighted by Gasteiger charge is 2.37. The van der Waals surface area contributed by atoms with Crippen LogP contribution in [0.4, 0.5) is 4.79 Å². The first-order valence-electron chi connectivity index (χ1n) is 10.5. The fraction of sp³-hybridized carbons (Fsp3) is 0.292. The number of amides is 3. The lowest BCUT2D eigenvalue weighted by Gasteiger charge is -2.27. The quantitative estimate of drug-likeness (QED) is 0.558. The molecule has 2 saturated heterocycles. The molecule has 0 radical (unpaired) electrons. The minimum atomic E-state index is -0.426. The van der Waals surface area contributed by atoms with Gasteiger partial charge in [-0.2, -0.15) is 0 Å². The predicted molar refractivity (Wildman–Crippen MR) is 125 cm³/mol. The summed E-state index contributed by atoms with van der Waals surface area (Å²) in [7, 11) is 0. The Hall–Kier alpha value is -2.77. The van der Waals surface area contributed by atoms with Gasteiger partial charge in [-0.15, -0.1) is 0 Å². The molecule has 0 saturated carbocycles. The molecule has 2 aliphatic heterocycles. The van der Waals surface area contributed by atoms with Crippen molar-refractivity contribution in [3.63, 3.8) is 0 Å². The van der Waals surface area contributed by atoms with Crippen molar-refractivity contribution in [3.8, 4) is 5.75 Å². The number of benzene rings is 2. The van der Waals surface area contributed by atoms with Crippen LogP contribution in [-0.4, -0.2) is 46.5 Å². The van der Waals surface area contributed by atoms with Crippen molar-refractivity contribution in [2.75, 3.05) is 19.6 Å². The molecule has 0 aromatic heterocycles. The maximum absolute atomic E-state index is 12.7. The van der Waals surface area contributed by atoms with Crippen molar-refractivity contribution < 1.29 is 19.1 Å². The van der Waals surface area contributed by atoms with Gasteiger partial charge < -0.3 is 9.64 Å². The van der Waals surface area contributed by atoms with Crippen LogP contribution >= 0.6 is 23.4 Å². The summed E-state index contributed by atoms with van der Waals surface area (Å²) in [4.78, 5) is 40.6. The molecule has 2 aromatic rings. The molecule has 166 valence electrons. The monoisotopic (exact) mass is 470 g/mol. The second-order valence-electron chi connectivity index (χ2n) is 7.66. The molecule has 32 heavy (non-hydrogen) atoms. The summed E-state index contributed by atoms with van der Waals surface area (Å²) in [5.74, 6) is 0.0694. The Kier molecular flexibility index (Phi) is 7.17. The Morgan fingerprint density at radius 1 is 1.03 bits per heavy atom. The van der Waals surface area contributed by atoms with Gasteiger partial charge in [-0.05, 0) is 60.9 Å². The molecule has 0 bridgehead atoms. The van der Waals surface area contributed by atoms with Crippen LogP contribution in [0, 0.1) is 0 Å². The smallest absolute Gasteiger partial charge is 0.294 e. The summed E-state index contributed by atoms with van der Waals surface area (Å²) in [6.45, 7) is 1.53. The van der Waals surface area contributed by atoms with Crippen LogP contribution in [0.2, 0.25) is 5.02 Å². The molecule has 6 nitrogen and oxygen atoms in total. The van der Waals surface area contributed by atoms with Crippen molar-refractivity contribution in [2.24, 2.45) is 0 Å². The van der Waals surface area contributed by atoms with Gasteiger partial charge in [0, 0.05) is 23.7 Å². The van der Waals surface area contributed by atoms with Gasteiger partial charge in [-0.3, -0.25) is 19.3 Å². The zero-order chi connectivity index (χ0) is 22.5. The number of piperidine rings is 1. The molecule has 2 aliphatic rings. The maximum Gasteiger partial charge on any atom is 0.294 e. The molecular formula is C24H23ClN2O4S. The first-order chi connectivity index (χ1) is 15.5. The fourth-order valence-corrected chi connectivity index (χ4v) is 4.63. The van der Waals surface area contributed by atoms with Crippen LogP contribution in [0.1, 0.15) is 30.4 Å². The van der Waals surface area contributed by atoms with E-state index < -0.39 is 11.1 Å². The third kappa shape index (κ3) is 5.34. The molecular weight excluding hydrogens is 448 g/mol. The van der Waals surface area contributed by atoms with E-state index in [1.807, 2.05) is 36.4 Å². The van der Waals surface area contributed by atoms with E-state index in [1.165, 1.54) is 0 Å². The Morgan fingerprint density at radius 3 is 2.47 bits per heavy atom. The van der Waals surface area contributed by atoms with Gasteiger partial charge >= 0.3 is 0 Å². The van der Waals surface area contributed by atoms with Crippen molar-refractivity contribution in [1.82, 2.24) is 9.80 Å². The zero-order valence-corrected chi connectivity index (χ0v) is 19.0. The summed E-state index contributed by atoms with van der Waals surface area (Å²) >= 11 is 7.01. The number of rotatable bonds is 6. The number of thioether (sulfide) groups is 1. The second-order valence-corrected chi connectivity index (χ2v) is 9.06. The number of halogens is 1. The van der Waals surface area contributed by atoms with E-state index in [2.05, 4.69) is 0 Å². The Labute approximate surface area is 196 Å². The molecule has 0 atom stereocenters. The molecule has 0 N–H and O–H groups in total. The molecule has 2 heterocycles. The minimum absolute atomic E-state index is 0.173. The van der Waals surface area contributed by atoms with E-state index in [4.69, 9.17) is 16.3 Å². The highest BCUT2D eigenvalue weighted by molar-refractivity contribution is 8.18. The number of hydrogen-bond donors (Lipinski definition) is 0. The molecule has 0 aliphatic carbocycles. The molecule has 8 heteroatoms. The van der Waals surface area contributed by atoms with Gasteiger partial charge in [0.2, 0.25) is 5.91 Å². The molecule has 3 amide bonds. The van der Waals surface area contributed by atoms with Gasteiger partial charge in [0.25, 0.3) is 11.1 Å². The lowest BCUT2D eigenvalue weighted by molar-refractivity contribution is -0.136. The van der Waals surface area contributed by atoms with Crippen molar-refractivity contribution in [1.29, 1.82) is 0 Å². The van der Waals surface area contributed by atoms with E-state index in [-0.39, 0.29) is 12.5 Å². The fourth-order valence-electron chi connectivity index (χ4n) is 3.60. The van der Waals surface area contributed by atoms with Crippen LogP contribution in [0.3, 0.4) is 0 Å². The Morgan fingerprint density at radius 2 is 1.75 bits per heavy atom. The molecule has 2 aromatic carbocycles. The molecule has 2 fully saturated rings. The summed E-state index contributed by atoms with van der Waals surface area (Å²) in [6.07, 6.45) is 4.70. The lowest BCUT2D eigenvalue weighted by Crippen LogP contribution is -2.44. The van der Waals surface area contributed by atoms with Crippen molar-refractivity contribution in [2.45, 2.75) is 25.9 Å². The third-order valence-electron chi connectivity index (χ3n) is 5.41. The van der Waals surface area contributed by atoms with Gasteiger partial charge in [0.05, 0.1) is 4.91 Å². The van der Waals surface area contributed by atoms with E-state index in [1.54, 1.807) is 23.1 Å². The summed E-state index contributed by atoms with van der Waals surface area (Å²) in [6, 6.07) is 14.7.